The lowest BCUT2D eigenvalue weighted by atomic mass is 9.46. The third-order valence-electron chi connectivity index (χ3n) is 11.3. The average molecular weight is 565 g/mol. The molecular weight excluding hydrogens is 517 g/mol. The number of phosphoric acid groups is 1. The number of ketones is 1. The third kappa shape index (κ3) is 4.72. The van der Waals surface area contributed by atoms with E-state index in [4.69, 9.17) is 13.8 Å². The molecule has 1 N–H and O–H groups in total. The molecule has 4 aliphatic carbocycles. The van der Waals surface area contributed by atoms with Crippen LogP contribution in [0.3, 0.4) is 0 Å². The first-order valence-corrected chi connectivity index (χ1v) is 16.1. The lowest BCUT2D eigenvalue weighted by molar-refractivity contribution is -0.870. The molecule has 0 radical (unpaired) electrons. The number of fused-ring (bicyclic) bond motifs is 6. The third-order valence-corrected chi connectivity index (χ3v) is 12.4. The van der Waals surface area contributed by atoms with E-state index in [1.807, 2.05) is 28.1 Å². The van der Waals surface area contributed by atoms with E-state index in [0.717, 1.165) is 50.5 Å². The standard InChI is InChI=1S/C30H46NO7P/c1-19-26(20(2)32)27(33)37-30(19)15-12-25-23-9-8-21-18-22(38-39(34,35)36-17-16-31(5,6)7)10-13-28(21,3)24(23)11-14-29(25,30)4/h8,22-25H,9-18H2,1-7H3/p+1/t22?,23?,24-,25-,28-,29-,30-/m0/s1. The van der Waals surface area contributed by atoms with Gasteiger partial charge in [-0.25, -0.2) is 9.36 Å². The Balaban J connectivity index is 1.31. The minimum atomic E-state index is -4.11. The van der Waals surface area contributed by atoms with Gasteiger partial charge >= 0.3 is 13.8 Å². The highest BCUT2D eigenvalue weighted by Crippen LogP contribution is 2.70. The van der Waals surface area contributed by atoms with E-state index in [-0.39, 0.29) is 34.9 Å². The van der Waals surface area contributed by atoms with Gasteiger partial charge in [0.05, 0.1) is 27.2 Å². The Morgan fingerprint density at radius 3 is 2.49 bits per heavy atom. The number of quaternary nitrogens is 1. The SMILES string of the molecule is CC(=O)C1=C(C)[C@]2(CC[C@H]3C4CC=C5CC(OP(=O)(O)OCC[N+](C)(C)C)CC[C@]5(C)[C@H]4CC[C@@]32C)OC1=O. The number of esters is 1. The van der Waals surface area contributed by atoms with Crippen molar-refractivity contribution >= 4 is 19.6 Å². The summed E-state index contributed by atoms with van der Waals surface area (Å²) in [5.74, 6) is 0.786. The first kappa shape index (κ1) is 29.2. The number of Topliss-reactive ketones (excluding diaryl/α,β-unsaturated/α-hetero) is 1. The first-order chi connectivity index (χ1) is 18.0. The molecule has 0 saturated heterocycles. The van der Waals surface area contributed by atoms with Crippen LogP contribution < -0.4 is 0 Å². The zero-order chi connectivity index (χ0) is 28.6. The number of hydrogen-bond donors (Lipinski definition) is 1. The Morgan fingerprint density at radius 1 is 1.15 bits per heavy atom. The Hall–Kier alpha value is -1.31. The van der Waals surface area contributed by atoms with Crippen molar-refractivity contribution in [2.24, 2.45) is 28.6 Å². The molecule has 3 fully saturated rings. The predicted molar refractivity (Wildman–Crippen MR) is 147 cm³/mol. The topological polar surface area (TPSA) is 99.1 Å². The number of carbonyl (C=O) groups is 2. The average Bonchev–Trinajstić information content (AvgIpc) is 3.25. The first-order valence-electron chi connectivity index (χ1n) is 14.6. The quantitative estimate of drug-likeness (QED) is 0.146. The number of ether oxygens (including phenoxy) is 1. The van der Waals surface area contributed by atoms with Crippen molar-refractivity contribution in [3.8, 4) is 0 Å². The molecule has 1 aliphatic heterocycles. The van der Waals surface area contributed by atoms with E-state index in [1.54, 1.807) is 0 Å². The second-order valence-electron chi connectivity index (χ2n) is 14.3. The molecule has 8 atom stereocenters. The summed E-state index contributed by atoms with van der Waals surface area (Å²) in [5, 5.41) is 0. The largest absolute Gasteiger partial charge is 0.472 e. The van der Waals surface area contributed by atoms with Crippen LogP contribution in [0.15, 0.2) is 22.8 Å². The van der Waals surface area contributed by atoms with E-state index in [0.29, 0.717) is 35.2 Å². The van der Waals surface area contributed by atoms with Crippen LogP contribution in [0.25, 0.3) is 0 Å². The fourth-order valence-corrected chi connectivity index (χ4v) is 10.1. The summed E-state index contributed by atoms with van der Waals surface area (Å²) in [5.41, 5.74) is 1.65. The van der Waals surface area contributed by atoms with E-state index in [1.165, 1.54) is 12.5 Å². The van der Waals surface area contributed by atoms with Crippen molar-refractivity contribution < 1.29 is 37.3 Å². The Kier molecular flexibility index (Phi) is 7.20. The molecule has 5 rings (SSSR count). The summed E-state index contributed by atoms with van der Waals surface area (Å²) in [4.78, 5) is 35.4. The molecule has 39 heavy (non-hydrogen) atoms. The normalized spacial score (nSPS) is 41.4. The minimum Gasteiger partial charge on any atom is -0.450 e. The molecule has 0 amide bonds. The number of rotatable bonds is 7. The van der Waals surface area contributed by atoms with Crippen LogP contribution in [0.4, 0.5) is 0 Å². The molecule has 1 heterocycles. The van der Waals surface area contributed by atoms with Crippen LogP contribution in [0.1, 0.15) is 79.1 Å². The highest BCUT2D eigenvalue weighted by molar-refractivity contribution is 7.47. The van der Waals surface area contributed by atoms with Crippen molar-refractivity contribution in [2.45, 2.75) is 90.8 Å². The van der Waals surface area contributed by atoms with Crippen molar-refractivity contribution in [1.29, 1.82) is 0 Å². The Labute approximate surface area is 233 Å². The lowest BCUT2D eigenvalue weighted by Gasteiger charge is -2.59. The van der Waals surface area contributed by atoms with Gasteiger partial charge in [-0.3, -0.25) is 13.8 Å². The van der Waals surface area contributed by atoms with Crippen LogP contribution in [0.2, 0.25) is 0 Å². The van der Waals surface area contributed by atoms with Gasteiger partial charge in [-0.05, 0) is 94.0 Å². The van der Waals surface area contributed by atoms with Gasteiger partial charge in [-0.2, -0.15) is 0 Å². The molecule has 3 saturated carbocycles. The highest BCUT2D eigenvalue weighted by Gasteiger charge is 2.68. The molecule has 0 aromatic rings. The fourth-order valence-electron chi connectivity index (χ4n) is 9.20. The molecule has 8 nitrogen and oxygen atoms in total. The van der Waals surface area contributed by atoms with Crippen molar-refractivity contribution in [3.05, 3.63) is 22.8 Å². The molecule has 218 valence electrons. The minimum absolute atomic E-state index is 0.0334. The van der Waals surface area contributed by atoms with Gasteiger partial charge in [-0.1, -0.05) is 25.5 Å². The predicted octanol–water partition coefficient (Wildman–Crippen LogP) is 5.36. The number of allylic oxidation sites excluding steroid dienone is 1. The maximum atomic E-state index is 12.8. The number of nitrogens with zero attached hydrogens (tertiary/aromatic N) is 1. The Bertz CT molecular complexity index is 1170. The number of likely N-dealkylation sites (N-methyl/N-ethyl adjacent to an activating group) is 1. The maximum absolute atomic E-state index is 12.8. The number of phosphoric ester groups is 1. The fraction of sp³-hybridized carbons (Fsp3) is 0.800. The second-order valence-corrected chi connectivity index (χ2v) is 15.7. The maximum Gasteiger partial charge on any atom is 0.472 e. The van der Waals surface area contributed by atoms with Crippen LogP contribution >= 0.6 is 7.82 Å². The zero-order valence-corrected chi connectivity index (χ0v) is 25.6. The van der Waals surface area contributed by atoms with Crippen molar-refractivity contribution in [3.63, 3.8) is 0 Å². The summed E-state index contributed by atoms with van der Waals surface area (Å²) < 4.78 is 30.4. The van der Waals surface area contributed by atoms with Crippen molar-refractivity contribution in [2.75, 3.05) is 34.3 Å². The van der Waals surface area contributed by atoms with Crippen molar-refractivity contribution in [1.82, 2.24) is 0 Å². The summed E-state index contributed by atoms with van der Waals surface area (Å²) in [6, 6.07) is 0. The van der Waals surface area contributed by atoms with Gasteiger partial charge in [0.1, 0.15) is 24.3 Å². The number of hydrogen-bond acceptors (Lipinski definition) is 6. The summed E-state index contributed by atoms with van der Waals surface area (Å²) in [7, 11) is 1.92. The van der Waals surface area contributed by atoms with Crippen LogP contribution in [0.5, 0.6) is 0 Å². The van der Waals surface area contributed by atoms with Gasteiger partial charge in [0.2, 0.25) is 0 Å². The summed E-state index contributed by atoms with van der Waals surface area (Å²) in [6.45, 7) is 8.87. The monoisotopic (exact) mass is 564 g/mol. The van der Waals surface area contributed by atoms with Crippen LogP contribution in [0, 0.1) is 28.6 Å². The van der Waals surface area contributed by atoms with Gasteiger partial charge in [0.15, 0.2) is 5.78 Å². The second kappa shape index (κ2) is 9.62. The van der Waals surface area contributed by atoms with Crippen LogP contribution in [-0.4, -0.2) is 67.1 Å². The smallest absolute Gasteiger partial charge is 0.450 e. The van der Waals surface area contributed by atoms with Gasteiger partial charge in [0.25, 0.3) is 0 Å². The highest BCUT2D eigenvalue weighted by atomic mass is 31.2. The van der Waals surface area contributed by atoms with E-state index >= 15 is 0 Å². The van der Waals surface area contributed by atoms with Gasteiger partial charge in [-0.15, -0.1) is 0 Å². The zero-order valence-electron chi connectivity index (χ0n) is 24.7. The van der Waals surface area contributed by atoms with E-state index in [9.17, 15) is 19.0 Å². The molecule has 9 heteroatoms. The molecular formula is C30H47NO7P+. The molecule has 1 spiro atoms. The van der Waals surface area contributed by atoms with Gasteiger partial charge < -0.3 is 14.1 Å². The molecule has 0 aromatic carbocycles. The van der Waals surface area contributed by atoms with E-state index in [2.05, 4.69) is 19.9 Å². The van der Waals surface area contributed by atoms with Crippen LogP contribution in [-0.2, 0) is 27.9 Å². The number of carbonyl (C=O) groups excluding carboxylic acids is 2. The lowest BCUT2D eigenvalue weighted by Crippen LogP contribution is -2.55. The Morgan fingerprint density at radius 2 is 1.85 bits per heavy atom. The molecule has 3 unspecified atom stereocenters. The molecule has 5 aliphatic rings. The molecule has 0 aromatic heterocycles. The summed E-state index contributed by atoms with van der Waals surface area (Å²) in [6.07, 6.45) is 9.12. The summed E-state index contributed by atoms with van der Waals surface area (Å²) >= 11 is 0. The van der Waals surface area contributed by atoms with Gasteiger partial charge in [0, 0.05) is 5.41 Å². The van der Waals surface area contributed by atoms with E-state index < -0.39 is 19.4 Å². The molecule has 0 bridgehead atoms.